The molecule has 0 aromatic heterocycles. The highest BCUT2D eigenvalue weighted by molar-refractivity contribution is 6.32. The second-order valence-corrected chi connectivity index (χ2v) is 10.3. The Balaban J connectivity index is 1.56. The van der Waals surface area contributed by atoms with E-state index < -0.39 is 17.9 Å². The monoisotopic (exact) mass is 546 g/mol. The molecule has 1 aliphatic rings. The van der Waals surface area contributed by atoms with Gasteiger partial charge in [-0.2, -0.15) is 0 Å². The number of nitrogens with one attached hydrogen (secondary N) is 1. The van der Waals surface area contributed by atoms with E-state index in [-0.39, 0.29) is 11.5 Å². The van der Waals surface area contributed by atoms with Gasteiger partial charge in [0.05, 0.1) is 17.3 Å². The zero-order valence-corrected chi connectivity index (χ0v) is 22.4. The maximum Gasteiger partial charge on any atom is 0.201 e. The van der Waals surface area contributed by atoms with Gasteiger partial charge in [-0.05, 0) is 59.2 Å². The van der Waals surface area contributed by atoms with Gasteiger partial charge in [0.25, 0.3) is 0 Å². The number of ketones is 1. The maximum absolute atomic E-state index is 14.2. The van der Waals surface area contributed by atoms with E-state index in [1.807, 2.05) is 61.5 Å². The number of hydrogen-bond donors (Lipinski definition) is 3. The zero-order chi connectivity index (χ0) is 26.8. The predicted molar refractivity (Wildman–Crippen MR) is 155 cm³/mol. The van der Waals surface area contributed by atoms with Crippen LogP contribution >= 0.6 is 23.2 Å². The van der Waals surface area contributed by atoms with Crippen LogP contribution < -0.4 is 10.2 Å². The molecule has 38 heavy (non-hydrogen) atoms. The summed E-state index contributed by atoms with van der Waals surface area (Å²) in [6.07, 6.45) is -0.336. The maximum atomic E-state index is 14.2. The second kappa shape index (κ2) is 11.1. The highest BCUT2D eigenvalue weighted by atomic mass is 35.5. The number of anilines is 2. The van der Waals surface area contributed by atoms with Crippen molar-refractivity contribution in [1.82, 2.24) is 0 Å². The lowest BCUT2D eigenvalue weighted by Gasteiger charge is -2.35. The van der Waals surface area contributed by atoms with Crippen molar-refractivity contribution in [3.05, 3.63) is 118 Å². The van der Waals surface area contributed by atoms with Crippen LogP contribution in [0.1, 0.15) is 30.6 Å². The molecule has 0 saturated heterocycles. The summed E-state index contributed by atoms with van der Waals surface area (Å²) in [5.41, 5.74) is 2.57. The Labute approximate surface area is 231 Å². The number of halogens is 2. The minimum absolute atomic E-state index is 0.0775. The lowest BCUT2D eigenvalue weighted by molar-refractivity contribution is -0.117. The molecule has 4 aromatic rings. The Morgan fingerprint density at radius 3 is 2.45 bits per heavy atom. The summed E-state index contributed by atoms with van der Waals surface area (Å²) in [6.45, 7) is 2.44. The molecule has 5 nitrogen and oxygen atoms in total. The van der Waals surface area contributed by atoms with Gasteiger partial charge < -0.3 is 20.4 Å². The molecule has 0 radical (unpaired) electrons. The van der Waals surface area contributed by atoms with Crippen LogP contribution in [0, 0.1) is 0 Å². The minimum Gasteiger partial charge on any atom is -0.494 e. The first-order valence-corrected chi connectivity index (χ1v) is 13.3. The summed E-state index contributed by atoms with van der Waals surface area (Å²) >= 11 is 12.6. The molecule has 0 aliphatic carbocycles. The Hall–Kier alpha value is -3.51. The summed E-state index contributed by atoms with van der Waals surface area (Å²) in [5.74, 6) is -0.662. The quantitative estimate of drug-likeness (QED) is 0.213. The first kappa shape index (κ1) is 26.1. The zero-order valence-electron chi connectivity index (χ0n) is 20.9. The van der Waals surface area contributed by atoms with Crippen molar-refractivity contribution in [2.24, 2.45) is 0 Å². The lowest BCUT2D eigenvalue weighted by Crippen LogP contribution is -2.40. The van der Waals surface area contributed by atoms with Gasteiger partial charge in [-0.1, -0.05) is 78.7 Å². The van der Waals surface area contributed by atoms with E-state index in [1.54, 1.807) is 35.2 Å². The number of carbonyl (C=O) groups excluding carboxylic acids is 1. The van der Waals surface area contributed by atoms with Crippen molar-refractivity contribution in [2.45, 2.75) is 31.9 Å². The third-order valence-corrected chi connectivity index (χ3v) is 7.42. The van der Waals surface area contributed by atoms with Crippen LogP contribution in [0.15, 0.2) is 96.4 Å². The molecule has 4 aromatic carbocycles. The van der Waals surface area contributed by atoms with Crippen molar-refractivity contribution in [3.63, 3.8) is 0 Å². The second-order valence-electron chi connectivity index (χ2n) is 9.42. The van der Waals surface area contributed by atoms with Crippen LogP contribution in [0.25, 0.3) is 10.8 Å². The number of nitrogens with zero attached hydrogens (tertiary/aromatic N) is 1. The third-order valence-electron chi connectivity index (χ3n) is 6.84. The van der Waals surface area contributed by atoms with Crippen molar-refractivity contribution in [3.8, 4) is 0 Å². The molecule has 0 fully saturated rings. The molecule has 194 valence electrons. The normalized spacial score (nSPS) is 15.9. The highest BCUT2D eigenvalue weighted by Crippen LogP contribution is 2.43. The van der Waals surface area contributed by atoms with E-state index >= 15 is 0 Å². The van der Waals surface area contributed by atoms with Crippen molar-refractivity contribution >= 4 is 51.1 Å². The fourth-order valence-electron chi connectivity index (χ4n) is 4.99. The fourth-order valence-corrected chi connectivity index (χ4v) is 5.39. The average Bonchev–Trinajstić information content (AvgIpc) is 2.91. The summed E-state index contributed by atoms with van der Waals surface area (Å²) in [7, 11) is 0. The van der Waals surface area contributed by atoms with Crippen LogP contribution in [-0.4, -0.2) is 28.6 Å². The van der Waals surface area contributed by atoms with E-state index in [4.69, 9.17) is 23.2 Å². The Kier molecular flexibility index (Phi) is 7.61. The molecule has 2 atom stereocenters. The topological polar surface area (TPSA) is 72.8 Å². The van der Waals surface area contributed by atoms with Gasteiger partial charge in [0, 0.05) is 34.3 Å². The number of aliphatic hydroxyl groups excluding tert-OH is 2. The molecule has 5 rings (SSSR count). The molecule has 0 bridgehead atoms. The Bertz CT molecular complexity index is 1520. The summed E-state index contributed by atoms with van der Waals surface area (Å²) < 4.78 is 0. The van der Waals surface area contributed by atoms with E-state index in [9.17, 15) is 15.0 Å². The largest absolute Gasteiger partial charge is 0.494 e. The molecular weight excluding hydrogens is 519 g/mol. The molecule has 0 saturated carbocycles. The van der Waals surface area contributed by atoms with Crippen LogP contribution in [0.5, 0.6) is 0 Å². The van der Waals surface area contributed by atoms with Crippen molar-refractivity contribution < 1.29 is 15.0 Å². The SMILES string of the molecule is CCCN1C(O)=C(C(=O)C(Cc2ccc(Cl)cc2)Nc2ccc3ccccc3c2)C(O)c2c(Cl)cccc21. The van der Waals surface area contributed by atoms with Gasteiger partial charge in [0.1, 0.15) is 6.10 Å². The van der Waals surface area contributed by atoms with Crippen LogP contribution in [0.4, 0.5) is 11.4 Å². The van der Waals surface area contributed by atoms with Gasteiger partial charge in [-0.15, -0.1) is 0 Å². The molecule has 3 N–H and O–H groups in total. The number of aliphatic hydroxyl groups is 2. The number of carbonyl (C=O) groups is 1. The van der Waals surface area contributed by atoms with Crippen LogP contribution in [-0.2, 0) is 11.2 Å². The van der Waals surface area contributed by atoms with E-state index in [2.05, 4.69) is 5.32 Å². The van der Waals surface area contributed by atoms with Gasteiger partial charge >= 0.3 is 0 Å². The number of Topliss-reactive ketones (excluding diaryl/α,β-unsaturated/α-hetero) is 1. The minimum atomic E-state index is -1.37. The molecule has 2 unspecified atom stereocenters. The number of benzene rings is 4. The predicted octanol–water partition coefficient (Wildman–Crippen LogP) is 7.47. The van der Waals surface area contributed by atoms with E-state index in [0.717, 1.165) is 28.4 Å². The van der Waals surface area contributed by atoms with Gasteiger partial charge in [-0.3, -0.25) is 4.79 Å². The fraction of sp³-hybridized carbons (Fsp3) is 0.194. The number of fused-ring (bicyclic) bond motifs is 2. The molecule has 0 spiro atoms. The van der Waals surface area contributed by atoms with E-state index in [1.165, 1.54) is 0 Å². The smallest absolute Gasteiger partial charge is 0.201 e. The molecule has 7 heteroatoms. The lowest BCUT2D eigenvalue weighted by atomic mass is 9.88. The summed E-state index contributed by atoms with van der Waals surface area (Å²) in [5, 5.41) is 29.2. The molecular formula is C31H28Cl2N2O3. The van der Waals surface area contributed by atoms with Crippen LogP contribution in [0.2, 0.25) is 10.0 Å². The van der Waals surface area contributed by atoms with Gasteiger partial charge in [0.2, 0.25) is 5.88 Å². The van der Waals surface area contributed by atoms with E-state index in [0.29, 0.717) is 34.3 Å². The Morgan fingerprint density at radius 1 is 0.974 bits per heavy atom. The summed E-state index contributed by atoms with van der Waals surface area (Å²) in [6, 6.07) is 25.6. The number of hydrogen-bond acceptors (Lipinski definition) is 5. The highest BCUT2D eigenvalue weighted by Gasteiger charge is 2.39. The first-order valence-electron chi connectivity index (χ1n) is 12.6. The van der Waals surface area contributed by atoms with Crippen LogP contribution in [0.3, 0.4) is 0 Å². The number of rotatable bonds is 8. The standard InChI is InChI=1S/C31H28Cl2N2O3/c1-2-16-35-26-9-5-8-24(33)27(26)30(37)28(31(35)38)29(36)25(17-19-10-13-22(32)14-11-19)34-23-15-12-20-6-3-4-7-21(20)18-23/h3-15,18,25,30,34,37-38H,2,16-17H2,1H3. The average molecular weight is 547 g/mol. The molecule has 1 aliphatic heterocycles. The first-order chi connectivity index (χ1) is 18.4. The van der Waals surface area contributed by atoms with Gasteiger partial charge in [0.15, 0.2) is 5.78 Å². The Morgan fingerprint density at radius 2 is 1.71 bits per heavy atom. The molecule has 0 amide bonds. The van der Waals surface area contributed by atoms with Crippen molar-refractivity contribution in [1.29, 1.82) is 0 Å². The van der Waals surface area contributed by atoms with Crippen molar-refractivity contribution in [2.75, 3.05) is 16.8 Å². The van der Waals surface area contributed by atoms with Gasteiger partial charge in [-0.25, -0.2) is 0 Å². The molecule has 1 heterocycles. The summed E-state index contributed by atoms with van der Waals surface area (Å²) in [4.78, 5) is 15.8. The third kappa shape index (κ3) is 5.10.